The molecule has 1 aliphatic rings. The fourth-order valence-corrected chi connectivity index (χ4v) is 3.97. The molecule has 1 aliphatic heterocycles. The monoisotopic (exact) mass is 434 g/mol. The lowest BCUT2D eigenvalue weighted by Gasteiger charge is -2.37. The molecule has 10 heteroatoms. The molecule has 0 radical (unpaired) electrons. The number of carbonyl (C=O) groups is 2. The number of hydrogen-bond donors (Lipinski definition) is 2. The summed E-state index contributed by atoms with van der Waals surface area (Å²) in [5, 5.41) is 9.45. The van der Waals surface area contributed by atoms with Crippen LogP contribution in [0.1, 0.15) is 60.2 Å². The zero-order chi connectivity index (χ0) is 23.3. The van der Waals surface area contributed by atoms with Gasteiger partial charge in [0.1, 0.15) is 6.10 Å². The molecule has 1 aromatic heterocycles. The van der Waals surface area contributed by atoms with Gasteiger partial charge in [0.25, 0.3) is 5.56 Å². The highest BCUT2D eigenvalue weighted by molar-refractivity contribution is 5.89. The van der Waals surface area contributed by atoms with Gasteiger partial charge in [-0.15, -0.1) is 0 Å². The normalized spacial score (nSPS) is 27.8. The van der Waals surface area contributed by atoms with E-state index in [9.17, 15) is 24.3 Å². The van der Waals surface area contributed by atoms with Crippen molar-refractivity contribution in [3.63, 3.8) is 0 Å². The molecule has 2 N–H and O–H groups in total. The van der Waals surface area contributed by atoms with E-state index in [4.69, 9.17) is 9.47 Å². The molecule has 2 heterocycles. The van der Waals surface area contributed by atoms with Gasteiger partial charge in [-0.2, -0.15) is 0 Å². The summed E-state index contributed by atoms with van der Waals surface area (Å²) in [5.41, 5.74) is -5.15. The zero-order valence-electron chi connectivity index (χ0n) is 17.7. The summed E-state index contributed by atoms with van der Waals surface area (Å²) in [4.78, 5) is 49.7. The Kier molecular flexibility index (Phi) is 5.39. The Morgan fingerprint density at radius 2 is 1.90 bits per heavy atom. The third kappa shape index (κ3) is 3.46. The molecule has 0 amide bonds. The summed E-state index contributed by atoms with van der Waals surface area (Å²) in [5.74, 6) is -1.96. The van der Waals surface area contributed by atoms with Crippen LogP contribution in [0.2, 0.25) is 0 Å². The minimum absolute atomic E-state index is 0.0210. The average molecular weight is 434 g/mol. The minimum Gasteiger partial charge on any atom is -0.478 e. The second kappa shape index (κ2) is 7.45. The summed E-state index contributed by atoms with van der Waals surface area (Å²) in [6.45, 7) is 6.56. The summed E-state index contributed by atoms with van der Waals surface area (Å²) in [7, 11) is 0. The van der Waals surface area contributed by atoms with Crippen molar-refractivity contribution in [2.75, 3.05) is 0 Å². The Bertz CT molecular complexity index is 1180. The lowest BCUT2D eigenvalue weighted by molar-refractivity contribution is -0.174. The first-order valence-corrected chi connectivity index (χ1v) is 9.50. The number of halogens is 1. The third-order valence-corrected chi connectivity index (χ3v) is 5.84. The standard InChI is InChI=1S/C21H23FN2O7/c1-10-9-24(19(29)23-16(10)26)18-20(4,22)21(5,31-12(3)25)15(30-18)13-7-6-8-14(11(13)2)17(27)28/h6-9,15,18H,1-5H3,(H,27,28)(H,23,26,29)/t15-,18-,20+,21+/m1/s1. The second-order valence-corrected chi connectivity index (χ2v) is 7.95. The maximum absolute atomic E-state index is 16.3. The third-order valence-electron chi connectivity index (χ3n) is 5.84. The van der Waals surface area contributed by atoms with E-state index >= 15 is 4.39 Å². The van der Waals surface area contributed by atoms with E-state index < -0.39 is 46.8 Å². The molecule has 9 nitrogen and oxygen atoms in total. The van der Waals surface area contributed by atoms with E-state index in [-0.39, 0.29) is 11.1 Å². The minimum atomic E-state index is -2.44. The number of hydrogen-bond acceptors (Lipinski definition) is 6. The topological polar surface area (TPSA) is 128 Å². The van der Waals surface area contributed by atoms with E-state index in [0.29, 0.717) is 11.1 Å². The van der Waals surface area contributed by atoms with Crippen molar-refractivity contribution in [3.05, 3.63) is 67.5 Å². The SMILES string of the molecule is CC(=O)O[C@@]1(C)[C@@H](c2cccc(C(=O)O)c2C)O[C@@H](n2cc(C)c(=O)[nH]c2=O)[C@]1(C)F. The van der Waals surface area contributed by atoms with Crippen LogP contribution < -0.4 is 11.2 Å². The summed E-state index contributed by atoms with van der Waals surface area (Å²) in [6, 6.07) is 4.41. The van der Waals surface area contributed by atoms with E-state index in [1.54, 1.807) is 6.07 Å². The van der Waals surface area contributed by atoms with Gasteiger partial charge in [0.05, 0.1) is 5.56 Å². The molecule has 0 saturated carbocycles. The quantitative estimate of drug-likeness (QED) is 0.706. The van der Waals surface area contributed by atoms with Crippen LogP contribution in [0.3, 0.4) is 0 Å². The van der Waals surface area contributed by atoms with Gasteiger partial charge in [0.15, 0.2) is 17.5 Å². The van der Waals surface area contributed by atoms with Crippen molar-refractivity contribution in [3.8, 4) is 0 Å². The number of nitrogens with one attached hydrogen (secondary N) is 1. The van der Waals surface area contributed by atoms with Gasteiger partial charge < -0.3 is 14.6 Å². The number of rotatable bonds is 4. The fraction of sp³-hybridized carbons (Fsp3) is 0.429. The lowest BCUT2D eigenvalue weighted by Crippen LogP contribution is -2.52. The maximum Gasteiger partial charge on any atom is 0.335 e. The van der Waals surface area contributed by atoms with Gasteiger partial charge in [-0.1, -0.05) is 12.1 Å². The first-order chi connectivity index (χ1) is 14.3. The van der Waals surface area contributed by atoms with Crippen molar-refractivity contribution >= 4 is 11.9 Å². The number of benzene rings is 1. The van der Waals surface area contributed by atoms with Crippen molar-refractivity contribution in [1.82, 2.24) is 9.55 Å². The number of alkyl halides is 1. The molecule has 1 aromatic carbocycles. The number of aryl methyl sites for hydroxylation is 1. The van der Waals surface area contributed by atoms with Gasteiger partial charge in [-0.3, -0.25) is 19.1 Å². The Balaban J connectivity index is 2.25. The first-order valence-electron chi connectivity index (χ1n) is 9.50. The molecular weight excluding hydrogens is 411 g/mol. The van der Waals surface area contributed by atoms with E-state index in [0.717, 1.165) is 18.4 Å². The van der Waals surface area contributed by atoms with Gasteiger partial charge in [-0.05, 0) is 44.9 Å². The van der Waals surface area contributed by atoms with Crippen LogP contribution in [0, 0.1) is 13.8 Å². The highest BCUT2D eigenvalue weighted by Crippen LogP contribution is 2.56. The van der Waals surface area contributed by atoms with Crippen LogP contribution in [0.15, 0.2) is 34.0 Å². The highest BCUT2D eigenvalue weighted by atomic mass is 19.1. The molecule has 166 valence electrons. The summed E-state index contributed by atoms with van der Waals surface area (Å²) < 4.78 is 28.6. The average Bonchev–Trinajstić information content (AvgIpc) is 2.84. The number of H-pyrrole nitrogens is 1. The van der Waals surface area contributed by atoms with Crippen molar-refractivity contribution in [2.45, 2.75) is 58.2 Å². The predicted octanol–water partition coefficient (Wildman–Crippen LogP) is 2.17. The number of nitrogens with zero attached hydrogens (tertiary/aromatic N) is 1. The summed E-state index contributed by atoms with van der Waals surface area (Å²) >= 11 is 0. The molecule has 2 aromatic rings. The number of aromatic amines is 1. The highest BCUT2D eigenvalue weighted by Gasteiger charge is 2.67. The molecule has 4 atom stereocenters. The molecule has 0 bridgehead atoms. The molecular formula is C21H23FN2O7. The number of carboxylic acids is 1. The van der Waals surface area contributed by atoms with Gasteiger partial charge >= 0.3 is 17.6 Å². The van der Waals surface area contributed by atoms with Crippen LogP contribution in [0.5, 0.6) is 0 Å². The van der Waals surface area contributed by atoms with Crippen LogP contribution in [0.25, 0.3) is 0 Å². The Labute approximate surface area is 176 Å². The largest absolute Gasteiger partial charge is 0.478 e. The Morgan fingerprint density at radius 3 is 2.48 bits per heavy atom. The van der Waals surface area contributed by atoms with Crippen LogP contribution in [-0.4, -0.2) is 37.9 Å². The molecule has 31 heavy (non-hydrogen) atoms. The second-order valence-electron chi connectivity index (χ2n) is 7.95. The van der Waals surface area contributed by atoms with Crippen molar-refractivity contribution in [1.29, 1.82) is 0 Å². The smallest absolute Gasteiger partial charge is 0.335 e. The van der Waals surface area contributed by atoms with E-state index in [1.165, 1.54) is 39.1 Å². The molecule has 1 saturated heterocycles. The lowest BCUT2D eigenvalue weighted by atomic mass is 9.80. The zero-order valence-corrected chi connectivity index (χ0v) is 17.7. The Hall–Kier alpha value is -3.27. The molecule has 3 rings (SSSR count). The van der Waals surface area contributed by atoms with Crippen LogP contribution >= 0.6 is 0 Å². The number of carbonyl (C=O) groups excluding carboxylic acids is 1. The maximum atomic E-state index is 16.3. The van der Waals surface area contributed by atoms with Crippen molar-refractivity contribution < 1.29 is 28.6 Å². The summed E-state index contributed by atoms with van der Waals surface area (Å²) in [6.07, 6.45) is -1.64. The predicted molar refractivity (Wildman–Crippen MR) is 107 cm³/mol. The fourth-order valence-electron chi connectivity index (χ4n) is 3.97. The van der Waals surface area contributed by atoms with Crippen LogP contribution in [0.4, 0.5) is 4.39 Å². The van der Waals surface area contributed by atoms with Gasteiger partial charge in [0.2, 0.25) is 0 Å². The first kappa shape index (κ1) is 22.4. The number of esters is 1. The molecule has 1 fully saturated rings. The number of aromatic carboxylic acids is 1. The number of carboxylic acid groups (broad SMARTS) is 1. The molecule has 0 aliphatic carbocycles. The molecule has 0 spiro atoms. The Morgan fingerprint density at radius 1 is 1.26 bits per heavy atom. The molecule has 0 unspecified atom stereocenters. The number of ether oxygens (including phenoxy) is 2. The number of aromatic nitrogens is 2. The van der Waals surface area contributed by atoms with Gasteiger partial charge in [-0.25, -0.2) is 14.0 Å². The van der Waals surface area contributed by atoms with E-state index in [1.807, 2.05) is 0 Å². The van der Waals surface area contributed by atoms with Gasteiger partial charge in [0, 0.05) is 18.7 Å². The van der Waals surface area contributed by atoms with Crippen LogP contribution in [-0.2, 0) is 14.3 Å². The van der Waals surface area contributed by atoms with E-state index in [2.05, 4.69) is 4.98 Å². The van der Waals surface area contributed by atoms with Crippen molar-refractivity contribution in [2.24, 2.45) is 0 Å².